The third kappa shape index (κ3) is 6.01. The molecule has 2 aromatic rings. The summed E-state index contributed by atoms with van der Waals surface area (Å²) in [5, 5.41) is 11.2. The normalized spacial score (nSPS) is 26.5. The average Bonchev–Trinajstić information content (AvgIpc) is 3.24. The Morgan fingerprint density at radius 3 is 2.49 bits per heavy atom. The van der Waals surface area contributed by atoms with Crippen molar-refractivity contribution in [3.63, 3.8) is 0 Å². The molecule has 4 rings (SSSR count). The number of aliphatic carboxylic acids is 1. The predicted octanol–water partition coefficient (Wildman–Crippen LogP) is 6.47. The first-order valence-corrected chi connectivity index (χ1v) is 13.8. The summed E-state index contributed by atoms with van der Waals surface area (Å²) in [6.45, 7) is 2.96. The molecular weight excluding hydrogens is 489 g/mol. The highest BCUT2D eigenvalue weighted by Gasteiger charge is 2.54. The highest BCUT2D eigenvalue weighted by Crippen LogP contribution is 2.45. The van der Waals surface area contributed by atoms with E-state index in [0.717, 1.165) is 56.2 Å². The van der Waals surface area contributed by atoms with Crippen LogP contribution in [0.15, 0.2) is 53.5 Å². The Kier molecular flexibility index (Phi) is 8.91. The molecule has 7 heteroatoms. The van der Waals surface area contributed by atoms with Crippen molar-refractivity contribution in [3.8, 4) is 0 Å². The zero-order valence-corrected chi connectivity index (χ0v) is 22.9. The second-order valence-corrected chi connectivity index (χ2v) is 11.4. The summed E-state index contributed by atoms with van der Waals surface area (Å²) in [5.41, 5.74) is 0.714. The Morgan fingerprint density at radius 2 is 1.89 bits per heavy atom. The van der Waals surface area contributed by atoms with Crippen LogP contribution in [0.5, 0.6) is 0 Å². The predicted molar refractivity (Wildman–Crippen MR) is 148 cm³/mol. The van der Waals surface area contributed by atoms with Gasteiger partial charge in [0, 0.05) is 24.0 Å². The van der Waals surface area contributed by atoms with Crippen LogP contribution >= 0.6 is 11.6 Å². The van der Waals surface area contributed by atoms with Crippen molar-refractivity contribution in [3.05, 3.63) is 70.5 Å². The van der Waals surface area contributed by atoms with Gasteiger partial charge >= 0.3 is 5.97 Å². The van der Waals surface area contributed by atoms with Gasteiger partial charge in [0.15, 0.2) is 5.54 Å². The van der Waals surface area contributed by atoms with E-state index < -0.39 is 11.5 Å². The highest BCUT2D eigenvalue weighted by molar-refractivity contribution is 6.30. The Balaban J connectivity index is 1.58. The van der Waals surface area contributed by atoms with Gasteiger partial charge in [0.1, 0.15) is 5.82 Å². The lowest BCUT2D eigenvalue weighted by Gasteiger charge is -2.44. The van der Waals surface area contributed by atoms with Gasteiger partial charge in [0.2, 0.25) is 0 Å². The maximum Gasteiger partial charge on any atom is 0.334 e. The van der Waals surface area contributed by atoms with E-state index in [-0.39, 0.29) is 23.8 Å². The van der Waals surface area contributed by atoms with Crippen LogP contribution in [-0.4, -0.2) is 59.4 Å². The van der Waals surface area contributed by atoms with Gasteiger partial charge in [-0.2, -0.15) is 0 Å². The first kappa shape index (κ1) is 27.6. The second kappa shape index (κ2) is 12.0. The summed E-state index contributed by atoms with van der Waals surface area (Å²) >= 11 is 6.09. The van der Waals surface area contributed by atoms with Gasteiger partial charge in [-0.25, -0.2) is 9.18 Å². The molecule has 1 N–H and O–H groups in total. The van der Waals surface area contributed by atoms with E-state index in [0.29, 0.717) is 17.4 Å². The van der Waals surface area contributed by atoms with Crippen LogP contribution < -0.4 is 0 Å². The Morgan fingerprint density at radius 1 is 1.19 bits per heavy atom. The molecule has 3 atom stereocenters. The summed E-state index contributed by atoms with van der Waals surface area (Å²) in [6, 6.07) is 14.3. The number of nitrogens with zero attached hydrogens (tertiary/aromatic N) is 3. The third-order valence-electron chi connectivity index (χ3n) is 8.27. The van der Waals surface area contributed by atoms with Crippen LogP contribution in [-0.2, 0) is 11.2 Å². The van der Waals surface area contributed by atoms with Crippen LogP contribution in [0.3, 0.4) is 0 Å². The van der Waals surface area contributed by atoms with Crippen molar-refractivity contribution in [1.82, 2.24) is 9.80 Å². The first-order chi connectivity index (χ1) is 17.7. The quantitative estimate of drug-likeness (QED) is 0.385. The van der Waals surface area contributed by atoms with Crippen molar-refractivity contribution >= 4 is 23.9 Å². The lowest BCUT2D eigenvalue weighted by molar-refractivity contribution is -0.145. The van der Waals surface area contributed by atoms with E-state index in [1.165, 1.54) is 6.07 Å². The fourth-order valence-electron chi connectivity index (χ4n) is 6.58. The van der Waals surface area contributed by atoms with Gasteiger partial charge in [-0.3, -0.25) is 4.99 Å². The summed E-state index contributed by atoms with van der Waals surface area (Å²) in [6.07, 6.45) is 7.97. The number of halogens is 2. The molecule has 1 aliphatic carbocycles. The lowest BCUT2D eigenvalue weighted by atomic mass is 9.68. The number of aliphatic imine (C=N–C) groups is 1. The van der Waals surface area contributed by atoms with Gasteiger partial charge in [0.25, 0.3) is 0 Å². The molecule has 2 aliphatic rings. The van der Waals surface area contributed by atoms with Crippen molar-refractivity contribution in [1.29, 1.82) is 0 Å². The van der Waals surface area contributed by atoms with Crippen molar-refractivity contribution in [2.24, 2.45) is 16.8 Å². The fourth-order valence-corrected chi connectivity index (χ4v) is 6.70. The Bertz CT molecular complexity index is 1080. The van der Waals surface area contributed by atoms with Crippen LogP contribution in [0.1, 0.15) is 62.6 Å². The zero-order chi connectivity index (χ0) is 26.6. The number of carboxylic acid groups (broad SMARTS) is 1. The number of carboxylic acids is 1. The molecule has 37 heavy (non-hydrogen) atoms. The minimum atomic E-state index is -1.22. The van der Waals surface area contributed by atoms with Gasteiger partial charge in [-0.1, -0.05) is 49.2 Å². The van der Waals surface area contributed by atoms with E-state index in [9.17, 15) is 14.3 Å². The van der Waals surface area contributed by atoms with Crippen LogP contribution in [0, 0.1) is 17.7 Å². The molecule has 1 saturated carbocycles. The molecule has 1 fully saturated rings. The maximum absolute atomic E-state index is 14.0. The summed E-state index contributed by atoms with van der Waals surface area (Å²) in [5.74, 6) is -0.471. The molecule has 0 amide bonds. The topological polar surface area (TPSA) is 56.1 Å². The molecule has 2 aromatic carbocycles. The Hall–Kier alpha value is -2.44. The largest absolute Gasteiger partial charge is 0.479 e. The van der Waals surface area contributed by atoms with Crippen molar-refractivity contribution in [2.75, 3.05) is 20.6 Å². The minimum Gasteiger partial charge on any atom is -0.479 e. The molecule has 3 unspecified atom stereocenters. The minimum absolute atomic E-state index is 0.131. The second-order valence-electron chi connectivity index (χ2n) is 11.0. The smallest absolute Gasteiger partial charge is 0.334 e. The van der Waals surface area contributed by atoms with Crippen LogP contribution in [0.25, 0.3) is 0 Å². The van der Waals surface area contributed by atoms with E-state index in [1.807, 2.05) is 30.3 Å². The third-order valence-corrected chi connectivity index (χ3v) is 8.52. The molecule has 0 radical (unpaired) electrons. The first-order valence-electron chi connectivity index (χ1n) is 13.5. The maximum atomic E-state index is 14.0. The van der Waals surface area contributed by atoms with Crippen LogP contribution in [0.4, 0.5) is 4.39 Å². The van der Waals surface area contributed by atoms with E-state index >= 15 is 0 Å². The number of carbonyl (C=O) groups is 1. The zero-order valence-electron chi connectivity index (χ0n) is 22.1. The van der Waals surface area contributed by atoms with Crippen LogP contribution in [0.2, 0.25) is 5.02 Å². The summed E-state index contributed by atoms with van der Waals surface area (Å²) in [7, 11) is 4.11. The average molecular weight is 528 g/mol. The fraction of sp³-hybridized carbons (Fsp3) is 0.533. The molecule has 200 valence electrons. The van der Waals surface area contributed by atoms with Gasteiger partial charge in [-0.05, 0) is 93.4 Å². The molecule has 5 nitrogen and oxygen atoms in total. The molecule has 0 aromatic heterocycles. The van der Waals surface area contributed by atoms with Crippen molar-refractivity contribution in [2.45, 2.75) is 69.5 Å². The van der Waals surface area contributed by atoms with E-state index in [2.05, 4.69) is 30.8 Å². The van der Waals surface area contributed by atoms with Crippen molar-refractivity contribution < 1.29 is 14.3 Å². The number of hydrogen-bond donors (Lipinski definition) is 1. The number of hydrogen-bond acceptors (Lipinski definition) is 4. The molecule has 1 aliphatic heterocycles. The molecule has 0 spiro atoms. The van der Waals surface area contributed by atoms with E-state index in [1.54, 1.807) is 18.5 Å². The SMILES string of the molecule is CCCCN1C=NC(Cc2ccc(Cl)cc2)(C(=O)O)C1C1CCC(C(c2cccc(F)c2)N(C)C)CC1. The molecule has 1 heterocycles. The summed E-state index contributed by atoms with van der Waals surface area (Å²) in [4.78, 5) is 22.1. The molecular formula is C30H39ClFN3O2. The monoisotopic (exact) mass is 527 g/mol. The summed E-state index contributed by atoms with van der Waals surface area (Å²) < 4.78 is 14.0. The molecule has 0 bridgehead atoms. The molecule has 0 saturated heterocycles. The number of unbranched alkanes of at least 4 members (excludes halogenated alkanes) is 1. The highest BCUT2D eigenvalue weighted by atomic mass is 35.5. The standard InChI is InChI=1S/C30H39ClFN3O2/c1-4-5-17-35-20-33-30(29(36)37,19-21-9-15-25(31)16-10-21)28(35)23-13-11-22(12-14-23)27(34(2)3)24-7-6-8-26(32)18-24/h6-10,15-16,18,20,22-23,27-28H,4-5,11-14,17,19H2,1-3H3,(H,36,37). The number of benzene rings is 2. The Labute approximate surface area is 225 Å². The van der Waals surface area contributed by atoms with Gasteiger partial charge in [0.05, 0.1) is 12.4 Å². The van der Waals surface area contributed by atoms with Gasteiger partial charge < -0.3 is 14.9 Å². The lowest BCUT2D eigenvalue weighted by Crippen LogP contribution is -2.57. The number of rotatable bonds is 10. The van der Waals surface area contributed by atoms with E-state index in [4.69, 9.17) is 16.6 Å². The van der Waals surface area contributed by atoms with Gasteiger partial charge in [-0.15, -0.1) is 0 Å².